The number of ether oxygens (including phenoxy) is 2. The zero-order chi connectivity index (χ0) is 27.4. The molecule has 0 aromatic heterocycles. The van der Waals surface area contributed by atoms with E-state index in [0.29, 0.717) is 17.6 Å². The van der Waals surface area contributed by atoms with Gasteiger partial charge in [0.15, 0.2) is 0 Å². The van der Waals surface area contributed by atoms with Gasteiger partial charge in [0.2, 0.25) is 5.91 Å². The fourth-order valence-corrected chi connectivity index (χ4v) is 5.50. The van der Waals surface area contributed by atoms with Crippen LogP contribution in [0.3, 0.4) is 0 Å². The minimum atomic E-state index is -4.80. The number of esters is 1. The average Bonchev–Trinajstić information content (AvgIpc) is 3.27. The molecule has 3 aromatic rings. The first-order chi connectivity index (χ1) is 18.0. The molecule has 1 saturated heterocycles. The van der Waals surface area contributed by atoms with Crippen molar-refractivity contribution in [3.63, 3.8) is 0 Å². The highest BCUT2D eigenvalue weighted by atomic mass is 19.4. The summed E-state index contributed by atoms with van der Waals surface area (Å²) in [6.45, 7) is 2.03. The molecule has 0 radical (unpaired) electrons. The summed E-state index contributed by atoms with van der Waals surface area (Å²) in [5, 5.41) is 0. The predicted molar refractivity (Wildman–Crippen MR) is 135 cm³/mol. The third-order valence-corrected chi connectivity index (χ3v) is 7.33. The molecule has 2 N–H and O–H groups in total. The molecule has 4 rings (SSSR count). The van der Waals surface area contributed by atoms with Crippen LogP contribution in [0.2, 0.25) is 0 Å². The molecule has 0 bridgehead atoms. The van der Waals surface area contributed by atoms with Gasteiger partial charge in [-0.1, -0.05) is 60.7 Å². The van der Waals surface area contributed by atoms with Crippen molar-refractivity contribution >= 4 is 11.9 Å². The quantitative estimate of drug-likeness (QED) is 0.324. The van der Waals surface area contributed by atoms with Crippen molar-refractivity contribution in [3.8, 4) is 5.75 Å². The summed E-state index contributed by atoms with van der Waals surface area (Å²) in [6, 6.07) is 23.8. The number of quaternary nitrogens is 1. The van der Waals surface area contributed by atoms with Crippen LogP contribution in [0.25, 0.3) is 0 Å². The minimum absolute atomic E-state index is 0.0771. The van der Waals surface area contributed by atoms with Crippen molar-refractivity contribution in [1.29, 1.82) is 0 Å². The Kier molecular flexibility index (Phi) is 7.78. The van der Waals surface area contributed by atoms with Gasteiger partial charge in [-0.3, -0.25) is 4.79 Å². The molecular formula is C29H30F3N2O4+. The summed E-state index contributed by atoms with van der Waals surface area (Å²) in [5.41, 5.74) is 6.99. The Morgan fingerprint density at radius 2 is 1.47 bits per heavy atom. The molecule has 6 nitrogen and oxygen atoms in total. The first-order valence-corrected chi connectivity index (χ1v) is 12.3. The number of carbonyl (C=O) groups excluding carboxylic acids is 2. The van der Waals surface area contributed by atoms with E-state index in [-0.39, 0.29) is 18.1 Å². The van der Waals surface area contributed by atoms with Gasteiger partial charge in [-0.15, -0.1) is 13.2 Å². The van der Waals surface area contributed by atoms with E-state index < -0.39 is 29.4 Å². The van der Waals surface area contributed by atoms with Gasteiger partial charge in [0.05, 0.1) is 25.7 Å². The van der Waals surface area contributed by atoms with Crippen molar-refractivity contribution in [2.45, 2.75) is 18.2 Å². The van der Waals surface area contributed by atoms with Crippen LogP contribution < -0.4 is 10.5 Å². The highest BCUT2D eigenvalue weighted by Gasteiger charge is 2.53. The van der Waals surface area contributed by atoms with E-state index in [9.17, 15) is 22.8 Å². The Labute approximate surface area is 219 Å². The Hall–Kier alpha value is -3.85. The van der Waals surface area contributed by atoms with Crippen molar-refractivity contribution in [3.05, 3.63) is 102 Å². The van der Waals surface area contributed by atoms with E-state index in [1.54, 1.807) is 0 Å². The molecule has 200 valence electrons. The van der Waals surface area contributed by atoms with Crippen LogP contribution in [0.1, 0.15) is 27.9 Å². The maximum atomic E-state index is 13.3. The number of hydrogen-bond acceptors (Lipinski definition) is 4. The molecule has 2 atom stereocenters. The summed E-state index contributed by atoms with van der Waals surface area (Å²) < 4.78 is 46.9. The van der Waals surface area contributed by atoms with Crippen LogP contribution in [0.15, 0.2) is 84.9 Å². The Balaban J connectivity index is 1.45. The summed E-state index contributed by atoms with van der Waals surface area (Å²) in [5.74, 6) is -1.53. The van der Waals surface area contributed by atoms with Gasteiger partial charge in [0.25, 0.3) is 0 Å². The minimum Gasteiger partial charge on any atom is -0.456 e. The number of benzene rings is 3. The molecule has 0 saturated carbocycles. The van der Waals surface area contributed by atoms with E-state index in [4.69, 9.17) is 10.5 Å². The van der Waals surface area contributed by atoms with Crippen molar-refractivity contribution in [2.75, 3.05) is 33.3 Å². The third kappa shape index (κ3) is 5.83. The number of likely N-dealkylation sites (N-methyl/N-ethyl adjacent to an activating group) is 1. The monoisotopic (exact) mass is 527 g/mol. The number of amides is 1. The van der Waals surface area contributed by atoms with Crippen molar-refractivity contribution in [2.24, 2.45) is 11.7 Å². The molecule has 38 heavy (non-hydrogen) atoms. The van der Waals surface area contributed by atoms with Gasteiger partial charge in [-0.2, -0.15) is 0 Å². The highest BCUT2D eigenvalue weighted by Crippen LogP contribution is 2.45. The van der Waals surface area contributed by atoms with Gasteiger partial charge in [-0.05, 0) is 35.4 Å². The summed E-state index contributed by atoms with van der Waals surface area (Å²) >= 11 is 0. The van der Waals surface area contributed by atoms with Gasteiger partial charge in [0, 0.05) is 12.3 Å². The van der Waals surface area contributed by atoms with Crippen LogP contribution in [-0.4, -0.2) is 56.0 Å². The molecule has 0 aliphatic carbocycles. The predicted octanol–water partition coefficient (Wildman–Crippen LogP) is 4.68. The summed E-state index contributed by atoms with van der Waals surface area (Å²) in [4.78, 5) is 25.7. The van der Waals surface area contributed by atoms with Crippen LogP contribution in [-0.2, 0) is 14.9 Å². The number of halogens is 3. The topological polar surface area (TPSA) is 78.6 Å². The average molecular weight is 528 g/mol. The zero-order valence-corrected chi connectivity index (χ0v) is 21.0. The summed E-state index contributed by atoms with van der Waals surface area (Å²) in [6.07, 6.45) is -4.06. The number of rotatable bonds is 9. The molecule has 2 unspecified atom stereocenters. The number of likely N-dealkylation sites (tertiary alicyclic amines) is 1. The molecule has 0 spiro atoms. The standard InChI is InChI=1S/C29H29F3N2O4/c1-34(18-19-37-26(35)21-12-14-25(15-13-21)38-29(30,31)32)17-16-24(20-34)28(27(33)36,22-8-4-2-5-9-22)23-10-6-3-7-11-23/h2-15,24H,16-20H2,1H3,(H-,33,36)/p+1. The lowest BCUT2D eigenvalue weighted by molar-refractivity contribution is -0.899. The number of nitrogens with zero attached hydrogens (tertiary/aromatic N) is 1. The molecule has 1 aliphatic heterocycles. The summed E-state index contributed by atoms with van der Waals surface area (Å²) in [7, 11) is 2.05. The molecule has 1 amide bonds. The molecule has 9 heteroatoms. The molecular weight excluding hydrogens is 497 g/mol. The van der Waals surface area contributed by atoms with Gasteiger partial charge >= 0.3 is 12.3 Å². The number of nitrogens with two attached hydrogens (primary N) is 1. The maximum Gasteiger partial charge on any atom is 0.573 e. The van der Waals surface area contributed by atoms with Gasteiger partial charge in [-0.25, -0.2) is 4.79 Å². The number of primary amides is 1. The number of carbonyl (C=O) groups is 2. The van der Waals surface area contributed by atoms with E-state index >= 15 is 0 Å². The lowest BCUT2D eigenvalue weighted by atomic mass is 9.64. The number of alkyl halides is 3. The molecule has 1 fully saturated rings. The fraction of sp³-hybridized carbons (Fsp3) is 0.310. The highest BCUT2D eigenvalue weighted by molar-refractivity contribution is 5.91. The lowest BCUT2D eigenvalue weighted by Gasteiger charge is -2.38. The second-order valence-electron chi connectivity index (χ2n) is 9.85. The lowest BCUT2D eigenvalue weighted by Crippen LogP contribution is -2.51. The van der Waals surface area contributed by atoms with E-state index in [2.05, 4.69) is 11.8 Å². The van der Waals surface area contributed by atoms with Crippen molar-refractivity contribution in [1.82, 2.24) is 0 Å². The first kappa shape index (κ1) is 27.2. The van der Waals surface area contributed by atoms with Crippen LogP contribution in [0, 0.1) is 5.92 Å². The zero-order valence-electron chi connectivity index (χ0n) is 21.0. The molecule has 3 aromatic carbocycles. The fourth-order valence-electron chi connectivity index (χ4n) is 5.50. The molecule has 1 aliphatic rings. The van der Waals surface area contributed by atoms with Crippen molar-refractivity contribution < 1.29 is 36.7 Å². The van der Waals surface area contributed by atoms with Crippen LogP contribution in [0.5, 0.6) is 5.75 Å². The van der Waals surface area contributed by atoms with E-state index in [1.807, 2.05) is 60.7 Å². The normalized spacial score (nSPS) is 19.6. The second kappa shape index (κ2) is 10.9. The number of hydrogen-bond donors (Lipinski definition) is 1. The van der Waals surface area contributed by atoms with Crippen LogP contribution >= 0.6 is 0 Å². The van der Waals surface area contributed by atoms with Crippen LogP contribution in [0.4, 0.5) is 13.2 Å². The SMILES string of the molecule is C[N+]1(CCOC(=O)c2ccc(OC(F)(F)F)cc2)CCC(C(C(N)=O)(c2ccccc2)c2ccccc2)C1. The largest absolute Gasteiger partial charge is 0.573 e. The maximum absolute atomic E-state index is 13.3. The second-order valence-corrected chi connectivity index (χ2v) is 9.85. The Morgan fingerprint density at radius 3 is 1.97 bits per heavy atom. The van der Waals surface area contributed by atoms with Gasteiger partial charge in [0.1, 0.15) is 24.3 Å². The smallest absolute Gasteiger partial charge is 0.456 e. The van der Waals surface area contributed by atoms with Gasteiger partial charge < -0.3 is 19.7 Å². The van der Waals surface area contributed by atoms with E-state index in [0.717, 1.165) is 36.2 Å². The Bertz CT molecular complexity index is 1210. The van der Waals surface area contributed by atoms with E-state index in [1.165, 1.54) is 12.1 Å². The Morgan fingerprint density at radius 1 is 0.921 bits per heavy atom. The third-order valence-electron chi connectivity index (χ3n) is 7.33. The molecule has 1 heterocycles. The first-order valence-electron chi connectivity index (χ1n) is 12.3.